The molecule has 0 unspecified atom stereocenters. The van der Waals surface area contributed by atoms with E-state index in [-0.39, 0.29) is 24.1 Å². The predicted molar refractivity (Wildman–Crippen MR) is 119 cm³/mol. The lowest BCUT2D eigenvalue weighted by Gasteiger charge is -2.39. The lowest BCUT2D eigenvalue weighted by atomic mass is 10.1. The topological polar surface area (TPSA) is 112 Å². The molecule has 4 aromatic rings. The monoisotopic (exact) mass is 443 g/mol. The first-order valence-corrected chi connectivity index (χ1v) is 10.6. The number of fused-ring (bicyclic) bond motifs is 1. The number of carbonyl (C=O) groups is 3. The first-order chi connectivity index (χ1) is 16.0. The van der Waals surface area contributed by atoms with Gasteiger partial charge in [-0.25, -0.2) is 4.98 Å². The molecule has 9 nitrogen and oxygen atoms in total. The van der Waals surface area contributed by atoms with Gasteiger partial charge in [0.05, 0.1) is 22.8 Å². The maximum absolute atomic E-state index is 13.1. The fourth-order valence-electron chi connectivity index (χ4n) is 4.19. The van der Waals surface area contributed by atoms with E-state index < -0.39 is 11.7 Å². The van der Waals surface area contributed by atoms with E-state index in [1.54, 1.807) is 29.3 Å². The van der Waals surface area contributed by atoms with Crippen molar-refractivity contribution in [1.82, 2.24) is 24.8 Å². The van der Waals surface area contributed by atoms with E-state index in [1.807, 2.05) is 25.1 Å². The van der Waals surface area contributed by atoms with E-state index in [2.05, 4.69) is 15.0 Å². The van der Waals surface area contributed by atoms with Crippen molar-refractivity contribution in [2.24, 2.45) is 0 Å². The zero-order chi connectivity index (χ0) is 22.9. The Kier molecular flexibility index (Phi) is 5.21. The molecule has 166 valence electrons. The second kappa shape index (κ2) is 8.34. The van der Waals surface area contributed by atoms with Crippen LogP contribution >= 0.6 is 0 Å². The molecule has 0 saturated carbocycles. The standard InChI is InChI=1S/C24H21N5O4/c1-15-14-28(23(31)16-5-3-2-4-6-16)10-11-29(15)24(32)21(30)18-13-27-19-17(7-8-25-20(18)19)22-26-9-12-33-22/h2-9,12-13,15,27H,10-11,14H2,1H3/t15-/m0/s1. The van der Waals surface area contributed by atoms with Crippen molar-refractivity contribution in [2.45, 2.75) is 13.0 Å². The summed E-state index contributed by atoms with van der Waals surface area (Å²) in [4.78, 5) is 53.7. The number of ketones is 1. The molecular weight excluding hydrogens is 422 g/mol. The number of H-pyrrole nitrogens is 1. The molecule has 33 heavy (non-hydrogen) atoms. The summed E-state index contributed by atoms with van der Waals surface area (Å²) in [7, 11) is 0. The van der Waals surface area contributed by atoms with Crippen molar-refractivity contribution in [3.8, 4) is 11.5 Å². The fourth-order valence-corrected chi connectivity index (χ4v) is 4.19. The number of benzene rings is 1. The van der Waals surface area contributed by atoms with Gasteiger partial charge in [0, 0.05) is 43.6 Å². The molecule has 0 spiro atoms. The molecule has 1 aliphatic heterocycles. The summed E-state index contributed by atoms with van der Waals surface area (Å²) in [5.41, 5.74) is 2.40. The van der Waals surface area contributed by atoms with Crippen LogP contribution in [0.15, 0.2) is 65.7 Å². The third kappa shape index (κ3) is 3.67. The van der Waals surface area contributed by atoms with Crippen molar-refractivity contribution >= 4 is 28.6 Å². The number of nitrogens with zero attached hydrogens (tertiary/aromatic N) is 4. The van der Waals surface area contributed by atoms with Gasteiger partial charge in [0.2, 0.25) is 5.89 Å². The highest BCUT2D eigenvalue weighted by Gasteiger charge is 2.34. The molecule has 1 aromatic carbocycles. The third-order valence-corrected chi connectivity index (χ3v) is 5.86. The van der Waals surface area contributed by atoms with Crippen molar-refractivity contribution in [1.29, 1.82) is 0 Å². The molecule has 5 rings (SSSR count). The molecule has 0 bridgehead atoms. The van der Waals surface area contributed by atoms with Gasteiger partial charge < -0.3 is 19.2 Å². The average Bonchev–Trinajstić information content (AvgIpc) is 3.53. The second-order valence-corrected chi connectivity index (χ2v) is 7.92. The summed E-state index contributed by atoms with van der Waals surface area (Å²) < 4.78 is 5.36. The number of nitrogens with one attached hydrogen (secondary N) is 1. The normalized spacial score (nSPS) is 16.2. The Labute approximate surface area is 189 Å². The van der Waals surface area contributed by atoms with E-state index in [0.717, 1.165) is 0 Å². The number of amides is 2. The van der Waals surface area contributed by atoms with Gasteiger partial charge in [0.15, 0.2) is 0 Å². The van der Waals surface area contributed by atoms with Crippen LogP contribution in [-0.4, -0.2) is 68.0 Å². The van der Waals surface area contributed by atoms with Gasteiger partial charge in [-0.05, 0) is 25.1 Å². The van der Waals surface area contributed by atoms with Crippen LogP contribution in [0.5, 0.6) is 0 Å². The molecule has 9 heteroatoms. The first kappa shape index (κ1) is 20.6. The summed E-state index contributed by atoms with van der Waals surface area (Å²) in [5, 5.41) is 0. The number of hydrogen-bond acceptors (Lipinski definition) is 6. The van der Waals surface area contributed by atoms with E-state index in [0.29, 0.717) is 41.1 Å². The van der Waals surface area contributed by atoms with Gasteiger partial charge in [-0.2, -0.15) is 0 Å². The van der Waals surface area contributed by atoms with E-state index in [9.17, 15) is 14.4 Å². The Morgan fingerprint density at radius 1 is 1.06 bits per heavy atom. The Morgan fingerprint density at radius 2 is 1.88 bits per heavy atom. The maximum Gasteiger partial charge on any atom is 0.295 e. The zero-order valence-electron chi connectivity index (χ0n) is 17.9. The molecule has 4 heterocycles. The van der Waals surface area contributed by atoms with Crippen LogP contribution in [0.1, 0.15) is 27.6 Å². The molecular formula is C24H21N5O4. The van der Waals surface area contributed by atoms with Crippen molar-refractivity contribution in [3.63, 3.8) is 0 Å². The van der Waals surface area contributed by atoms with Gasteiger partial charge in [-0.1, -0.05) is 18.2 Å². The summed E-state index contributed by atoms with van der Waals surface area (Å²) >= 11 is 0. The van der Waals surface area contributed by atoms with Crippen LogP contribution < -0.4 is 0 Å². The number of rotatable bonds is 4. The highest BCUT2D eigenvalue weighted by molar-refractivity contribution is 6.44. The molecule has 1 saturated heterocycles. The maximum atomic E-state index is 13.1. The smallest absolute Gasteiger partial charge is 0.295 e. The average molecular weight is 443 g/mol. The number of Topliss-reactive ketones (excluding diaryl/α,β-unsaturated/α-hetero) is 1. The molecule has 1 aliphatic rings. The van der Waals surface area contributed by atoms with Gasteiger partial charge in [0.1, 0.15) is 11.8 Å². The van der Waals surface area contributed by atoms with Crippen LogP contribution in [0, 0.1) is 0 Å². The van der Waals surface area contributed by atoms with Crippen molar-refractivity contribution < 1.29 is 18.8 Å². The van der Waals surface area contributed by atoms with Gasteiger partial charge in [-0.15, -0.1) is 0 Å². The van der Waals surface area contributed by atoms with E-state index in [1.165, 1.54) is 23.6 Å². The minimum absolute atomic E-state index is 0.0826. The van der Waals surface area contributed by atoms with Crippen molar-refractivity contribution in [2.75, 3.05) is 19.6 Å². The minimum atomic E-state index is -0.645. The van der Waals surface area contributed by atoms with Crippen LogP contribution in [0.4, 0.5) is 0 Å². The Bertz CT molecular complexity index is 1330. The summed E-state index contributed by atoms with van der Waals surface area (Å²) in [6, 6.07) is 10.5. The number of pyridine rings is 1. The van der Waals surface area contributed by atoms with E-state index in [4.69, 9.17) is 4.42 Å². The molecule has 3 aromatic heterocycles. The number of aromatic nitrogens is 3. The number of oxazole rings is 1. The number of carbonyl (C=O) groups excluding carboxylic acids is 3. The lowest BCUT2D eigenvalue weighted by molar-refractivity contribution is -0.130. The van der Waals surface area contributed by atoms with Gasteiger partial charge >= 0.3 is 0 Å². The number of piperazine rings is 1. The Hall–Kier alpha value is -4.27. The molecule has 0 aliphatic carbocycles. The molecule has 1 N–H and O–H groups in total. The summed E-state index contributed by atoms with van der Waals surface area (Å²) in [6.45, 7) is 2.83. The van der Waals surface area contributed by atoms with Gasteiger partial charge in [-0.3, -0.25) is 19.4 Å². The summed E-state index contributed by atoms with van der Waals surface area (Å²) in [6.07, 6.45) is 6.03. The first-order valence-electron chi connectivity index (χ1n) is 10.6. The van der Waals surface area contributed by atoms with Crippen LogP contribution in [-0.2, 0) is 4.79 Å². The highest BCUT2D eigenvalue weighted by atomic mass is 16.3. The number of aromatic amines is 1. The number of hydrogen-bond donors (Lipinski definition) is 1. The lowest BCUT2D eigenvalue weighted by Crippen LogP contribution is -2.56. The van der Waals surface area contributed by atoms with Crippen LogP contribution in [0.25, 0.3) is 22.5 Å². The predicted octanol–water partition coefficient (Wildman–Crippen LogP) is 2.77. The molecule has 2 amide bonds. The molecule has 1 fully saturated rings. The molecule has 0 radical (unpaired) electrons. The molecule has 1 atom stereocenters. The quantitative estimate of drug-likeness (QED) is 0.383. The van der Waals surface area contributed by atoms with Crippen molar-refractivity contribution in [3.05, 3.63) is 72.4 Å². The second-order valence-electron chi connectivity index (χ2n) is 7.92. The third-order valence-electron chi connectivity index (χ3n) is 5.86. The minimum Gasteiger partial charge on any atom is -0.444 e. The van der Waals surface area contributed by atoms with E-state index >= 15 is 0 Å². The largest absolute Gasteiger partial charge is 0.444 e. The Morgan fingerprint density at radius 3 is 2.61 bits per heavy atom. The zero-order valence-corrected chi connectivity index (χ0v) is 17.9. The fraction of sp³-hybridized carbons (Fsp3) is 0.208. The van der Waals surface area contributed by atoms with Crippen LogP contribution in [0.2, 0.25) is 0 Å². The van der Waals surface area contributed by atoms with Gasteiger partial charge in [0.25, 0.3) is 17.6 Å². The SMILES string of the molecule is C[C@H]1CN(C(=O)c2ccccc2)CCN1C(=O)C(=O)c1c[nH]c2c(-c3ncco3)ccnc12. The summed E-state index contributed by atoms with van der Waals surface area (Å²) in [5.74, 6) is -0.949. The Balaban J connectivity index is 1.34. The van der Waals surface area contributed by atoms with Crippen LogP contribution in [0.3, 0.4) is 0 Å². The highest BCUT2D eigenvalue weighted by Crippen LogP contribution is 2.28.